The summed E-state index contributed by atoms with van der Waals surface area (Å²) in [7, 11) is -4.25. The van der Waals surface area contributed by atoms with E-state index in [1.54, 1.807) is 0 Å². The lowest BCUT2D eigenvalue weighted by Crippen LogP contribution is -2.18. The summed E-state index contributed by atoms with van der Waals surface area (Å²) < 4.78 is 41.3. The van der Waals surface area contributed by atoms with Gasteiger partial charge in [0.2, 0.25) is 0 Å². The van der Waals surface area contributed by atoms with Gasteiger partial charge >= 0.3 is 0 Å². The van der Waals surface area contributed by atoms with Crippen LogP contribution in [0.5, 0.6) is 0 Å². The zero-order valence-electron chi connectivity index (χ0n) is 14.7. The third-order valence-corrected chi connectivity index (χ3v) is 5.54. The normalized spacial score (nSPS) is 11.0. The van der Waals surface area contributed by atoms with Gasteiger partial charge in [0.1, 0.15) is 17.0 Å². The van der Waals surface area contributed by atoms with E-state index in [0.29, 0.717) is 11.8 Å². The molecule has 0 aliphatic carbocycles. The Morgan fingerprint density at radius 1 is 0.966 bits per heavy atom. The first kappa shape index (κ1) is 20.5. The van der Waals surface area contributed by atoms with Crippen molar-refractivity contribution in [1.29, 1.82) is 0 Å². The molecule has 148 valence electrons. The van der Waals surface area contributed by atoms with Gasteiger partial charge in [-0.05, 0) is 42.5 Å². The summed E-state index contributed by atoms with van der Waals surface area (Å²) in [6.07, 6.45) is 0.647. The molecule has 0 bridgehead atoms. The molecule has 0 heterocycles. The van der Waals surface area contributed by atoms with Crippen molar-refractivity contribution in [1.82, 2.24) is 0 Å². The van der Waals surface area contributed by atoms with E-state index in [1.807, 2.05) is 0 Å². The van der Waals surface area contributed by atoms with Crippen molar-refractivity contribution in [3.8, 4) is 0 Å². The van der Waals surface area contributed by atoms with Crippen LogP contribution in [-0.4, -0.2) is 20.6 Å². The van der Waals surface area contributed by atoms with Crippen molar-refractivity contribution in [2.45, 2.75) is 4.90 Å². The maximum atomic E-state index is 13.9. The Morgan fingerprint density at radius 3 is 2.31 bits per heavy atom. The summed E-state index contributed by atoms with van der Waals surface area (Å²) in [5.41, 5.74) is 0.749. The number of hydrogen-bond donors (Lipinski definition) is 2. The van der Waals surface area contributed by atoms with Gasteiger partial charge in [0.25, 0.3) is 15.9 Å². The van der Waals surface area contributed by atoms with Gasteiger partial charge in [0, 0.05) is 16.1 Å². The van der Waals surface area contributed by atoms with E-state index in [4.69, 9.17) is 11.6 Å². The van der Waals surface area contributed by atoms with Crippen molar-refractivity contribution < 1.29 is 22.4 Å². The number of benzene rings is 3. The van der Waals surface area contributed by atoms with E-state index in [-0.39, 0.29) is 22.0 Å². The van der Waals surface area contributed by atoms with Gasteiger partial charge in [-0.2, -0.15) is 0 Å². The third-order valence-electron chi connectivity index (χ3n) is 3.91. The molecule has 6 nitrogen and oxygen atoms in total. The van der Waals surface area contributed by atoms with Crippen LogP contribution in [0, 0.1) is 5.82 Å². The molecule has 3 aromatic rings. The largest absolute Gasteiger partial charge is 0.320 e. The standard InChI is InChI=1S/C20H14ClFN2O4S/c21-15-9-10-17(24-29(27,28)19-4-2-1-3-16(19)22)18(11-15)23-20(26)14-7-5-13(12-25)6-8-14/h1-12,24H,(H,23,26). The predicted octanol–water partition coefficient (Wildman–Crippen LogP) is 4.34. The number of sulfonamides is 1. The molecule has 0 aromatic heterocycles. The Bertz CT molecular complexity index is 1180. The molecule has 3 aromatic carbocycles. The second-order valence-electron chi connectivity index (χ2n) is 5.92. The van der Waals surface area contributed by atoms with Crippen LogP contribution >= 0.6 is 11.6 Å². The fraction of sp³-hybridized carbons (Fsp3) is 0. The van der Waals surface area contributed by atoms with Crippen molar-refractivity contribution in [3.63, 3.8) is 0 Å². The summed E-state index contributed by atoms with van der Waals surface area (Å²) in [5, 5.41) is 2.82. The molecule has 1 amide bonds. The van der Waals surface area contributed by atoms with Crippen molar-refractivity contribution in [2.75, 3.05) is 10.0 Å². The van der Waals surface area contributed by atoms with Crippen LogP contribution in [0.1, 0.15) is 20.7 Å². The molecule has 0 saturated carbocycles. The van der Waals surface area contributed by atoms with E-state index in [1.165, 1.54) is 54.6 Å². The van der Waals surface area contributed by atoms with Gasteiger partial charge in [-0.25, -0.2) is 12.8 Å². The number of carbonyl (C=O) groups is 2. The van der Waals surface area contributed by atoms with Crippen LogP contribution in [0.15, 0.2) is 71.6 Å². The lowest BCUT2D eigenvalue weighted by Gasteiger charge is -2.14. The number of hydrogen-bond acceptors (Lipinski definition) is 4. The van der Waals surface area contributed by atoms with Crippen LogP contribution < -0.4 is 10.0 Å². The Morgan fingerprint density at radius 2 is 1.66 bits per heavy atom. The first-order chi connectivity index (χ1) is 13.8. The third kappa shape index (κ3) is 4.79. The fourth-order valence-corrected chi connectivity index (χ4v) is 3.81. The second-order valence-corrected chi connectivity index (χ2v) is 8.01. The van der Waals surface area contributed by atoms with E-state index in [0.717, 1.165) is 12.1 Å². The second kappa shape index (κ2) is 8.42. The van der Waals surface area contributed by atoms with Crippen LogP contribution in [0.2, 0.25) is 5.02 Å². The highest BCUT2D eigenvalue weighted by Gasteiger charge is 2.21. The number of amides is 1. The molecule has 0 saturated heterocycles. The van der Waals surface area contributed by atoms with Crippen LogP contribution in [0.25, 0.3) is 0 Å². The number of carbonyl (C=O) groups excluding carboxylic acids is 2. The average molecular weight is 433 g/mol. The lowest BCUT2D eigenvalue weighted by molar-refractivity contribution is 0.102. The van der Waals surface area contributed by atoms with E-state index in [2.05, 4.69) is 10.0 Å². The molecule has 0 fully saturated rings. The van der Waals surface area contributed by atoms with Crippen LogP contribution in [0.3, 0.4) is 0 Å². The van der Waals surface area contributed by atoms with E-state index >= 15 is 0 Å². The minimum absolute atomic E-state index is 0.00974. The first-order valence-corrected chi connectivity index (χ1v) is 10.1. The minimum Gasteiger partial charge on any atom is -0.320 e. The monoisotopic (exact) mass is 432 g/mol. The fourth-order valence-electron chi connectivity index (χ4n) is 2.48. The Labute approximate surface area is 171 Å². The number of rotatable bonds is 6. The summed E-state index contributed by atoms with van der Waals surface area (Å²) in [5.74, 6) is -1.45. The molecule has 2 N–H and O–H groups in total. The number of nitrogens with one attached hydrogen (secondary N) is 2. The highest BCUT2D eigenvalue weighted by molar-refractivity contribution is 7.92. The molecular formula is C20H14ClFN2O4S. The zero-order valence-corrected chi connectivity index (χ0v) is 16.3. The maximum Gasteiger partial charge on any atom is 0.264 e. The lowest BCUT2D eigenvalue weighted by atomic mass is 10.1. The number of aldehydes is 1. The van der Waals surface area contributed by atoms with Crippen LogP contribution in [-0.2, 0) is 10.0 Å². The molecule has 0 aliphatic rings. The van der Waals surface area contributed by atoms with Crippen molar-refractivity contribution in [2.24, 2.45) is 0 Å². The topological polar surface area (TPSA) is 92.3 Å². The molecule has 9 heteroatoms. The zero-order chi connectivity index (χ0) is 21.0. The van der Waals surface area contributed by atoms with E-state index < -0.39 is 26.6 Å². The first-order valence-electron chi connectivity index (χ1n) is 8.23. The maximum absolute atomic E-state index is 13.9. The highest BCUT2D eigenvalue weighted by Crippen LogP contribution is 2.29. The van der Waals surface area contributed by atoms with Gasteiger partial charge in [-0.1, -0.05) is 35.9 Å². The average Bonchev–Trinajstić information content (AvgIpc) is 2.70. The Hall–Kier alpha value is -3.23. The van der Waals surface area contributed by atoms with Crippen LogP contribution in [0.4, 0.5) is 15.8 Å². The highest BCUT2D eigenvalue weighted by atomic mass is 35.5. The Kier molecular flexibility index (Phi) is 5.95. The quantitative estimate of drug-likeness (QED) is 0.566. The van der Waals surface area contributed by atoms with Gasteiger partial charge in [0.15, 0.2) is 0 Å². The molecule has 0 atom stereocenters. The SMILES string of the molecule is O=Cc1ccc(C(=O)Nc2cc(Cl)ccc2NS(=O)(=O)c2ccccc2F)cc1. The summed E-state index contributed by atoms with van der Waals surface area (Å²) in [6, 6.07) is 14.9. The molecule has 0 radical (unpaired) electrons. The summed E-state index contributed by atoms with van der Waals surface area (Å²) in [4.78, 5) is 22.7. The van der Waals surface area contributed by atoms with Gasteiger partial charge < -0.3 is 5.32 Å². The van der Waals surface area contributed by atoms with E-state index in [9.17, 15) is 22.4 Å². The molecule has 0 spiro atoms. The predicted molar refractivity (Wildman–Crippen MR) is 108 cm³/mol. The minimum atomic E-state index is -4.25. The number of halogens is 2. The number of anilines is 2. The van der Waals surface area contributed by atoms with Gasteiger partial charge in [-0.15, -0.1) is 0 Å². The smallest absolute Gasteiger partial charge is 0.264 e. The molecule has 29 heavy (non-hydrogen) atoms. The molecule has 0 unspecified atom stereocenters. The summed E-state index contributed by atoms with van der Waals surface area (Å²) in [6.45, 7) is 0. The van der Waals surface area contributed by atoms with Crippen molar-refractivity contribution >= 4 is 45.2 Å². The van der Waals surface area contributed by atoms with Crippen molar-refractivity contribution in [3.05, 3.63) is 88.7 Å². The molecular weight excluding hydrogens is 419 g/mol. The van der Waals surface area contributed by atoms with Gasteiger partial charge in [0.05, 0.1) is 11.4 Å². The Balaban J connectivity index is 1.90. The molecule has 0 aliphatic heterocycles. The molecule has 3 rings (SSSR count). The summed E-state index contributed by atoms with van der Waals surface area (Å²) >= 11 is 5.97. The van der Waals surface area contributed by atoms with Gasteiger partial charge in [-0.3, -0.25) is 14.3 Å².